The van der Waals surface area contributed by atoms with Crippen LogP contribution in [-0.4, -0.2) is 44.2 Å². The maximum absolute atomic E-state index is 13.3. The number of carbonyl (C=O) groups is 1. The van der Waals surface area contributed by atoms with E-state index in [9.17, 15) is 4.79 Å². The SMILES string of the molecule is CCOC(C)Oc1cc(OC(C)OCC)c(PC(=O)c2c(Cl)cccc2Cl)c(OC(C)OCC)c1.[H-].[Li+]. The van der Waals surface area contributed by atoms with Crippen LogP contribution in [0.3, 0.4) is 0 Å². The number of hydrogen-bond acceptors (Lipinski definition) is 7. The van der Waals surface area contributed by atoms with Crippen molar-refractivity contribution >= 4 is 42.6 Å². The zero-order valence-corrected chi connectivity index (χ0v) is 24.4. The molecule has 0 aromatic heterocycles. The predicted octanol–water partition coefficient (Wildman–Crippen LogP) is 3.54. The van der Waals surface area contributed by atoms with Crippen LogP contribution in [0.15, 0.2) is 30.3 Å². The van der Waals surface area contributed by atoms with Crippen LogP contribution in [0, 0.1) is 0 Å². The largest absolute Gasteiger partial charge is 1.00 e. The van der Waals surface area contributed by atoms with Crippen molar-refractivity contribution in [1.29, 1.82) is 0 Å². The fourth-order valence-corrected chi connectivity index (χ4v) is 5.05. The van der Waals surface area contributed by atoms with E-state index in [-0.39, 0.29) is 41.4 Å². The Bertz CT molecular complexity index is 931. The Balaban J connectivity index is 0.00000648. The number of carbonyl (C=O) groups excluding carboxylic acids is 1. The van der Waals surface area contributed by atoms with Gasteiger partial charge in [0, 0.05) is 32.0 Å². The van der Waals surface area contributed by atoms with Crippen molar-refractivity contribution in [2.45, 2.75) is 60.4 Å². The fraction of sp³-hybridized carbons (Fsp3) is 0.480. The third kappa shape index (κ3) is 10.0. The predicted molar refractivity (Wildman–Crippen MR) is 141 cm³/mol. The van der Waals surface area contributed by atoms with Gasteiger partial charge in [0.2, 0.25) is 0 Å². The summed E-state index contributed by atoms with van der Waals surface area (Å²) in [5.74, 6) is 1.20. The van der Waals surface area contributed by atoms with Gasteiger partial charge in [-0.05, 0) is 62.3 Å². The van der Waals surface area contributed by atoms with E-state index in [0.29, 0.717) is 42.4 Å². The van der Waals surface area contributed by atoms with Gasteiger partial charge in [-0.2, -0.15) is 0 Å². The van der Waals surface area contributed by atoms with Crippen LogP contribution in [0.5, 0.6) is 17.2 Å². The monoisotopic (exact) mass is 554 g/mol. The summed E-state index contributed by atoms with van der Waals surface area (Å²) in [7, 11) is -0.414. The van der Waals surface area contributed by atoms with E-state index in [0.717, 1.165) is 0 Å². The van der Waals surface area contributed by atoms with Crippen LogP contribution < -0.4 is 38.4 Å². The van der Waals surface area contributed by atoms with Crippen LogP contribution in [-0.2, 0) is 14.2 Å². The van der Waals surface area contributed by atoms with Gasteiger partial charge in [-0.1, -0.05) is 29.3 Å². The number of ether oxygens (including phenoxy) is 6. The van der Waals surface area contributed by atoms with E-state index in [1.165, 1.54) is 0 Å². The molecule has 0 aliphatic heterocycles. The van der Waals surface area contributed by atoms with Gasteiger partial charge in [0.05, 0.1) is 20.9 Å². The molecule has 0 saturated heterocycles. The first-order valence-corrected chi connectivity index (χ1v) is 13.2. The minimum absolute atomic E-state index is 0. The van der Waals surface area contributed by atoms with Gasteiger partial charge in [0.25, 0.3) is 0 Å². The normalized spacial score (nSPS) is 13.7. The van der Waals surface area contributed by atoms with E-state index in [1.54, 1.807) is 51.1 Å². The minimum atomic E-state index is -0.584. The molecule has 4 atom stereocenters. The number of benzene rings is 2. The summed E-state index contributed by atoms with van der Waals surface area (Å²) in [5, 5.41) is 1.06. The summed E-state index contributed by atoms with van der Waals surface area (Å²) in [4.78, 5) is 13.3. The van der Waals surface area contributed by atoms with Gasteiger partial charge >= 0.3 is 18.9 Å². The maximum atomic E-state index is 13.3. The molecule has 36 heavy (non-hydrogen) atoms. The summed E-state index contributed by atoms with van der Waals surface area (Å²) in [6.45, 7) is 12.3. The molecule has 196 valence electrons. The molecule has 0 amide bonds. The third-order valence-corrected chi connectivity index (χ3v) is 6.41. The second-order valence-corrected chi connectivity index (χ2v) is 9.29. The third-order valence-electron chi connectivity index (χ3n) is 4.56. The van der Waals surface area contributed by atoms with E-state index in [1.807, 2.05) is 20.8 Å². The summed E-state index contributed by atoms with van der Waals surface area (Å²) in [6, 6.07) is 8.31. The van der Waals surface area contributed by atoms with Gasteiger partial charge < -0.3 is 29.8 Å². The van der Waals surface area contributed by atoms with E-state index in [4.69, 9.17) is 51.6 Å². The molecule has 0 saturated carbocycles. The molecular formula is C25H34Cl2LiO7P. The molecular weight excluding hydrogens is 521 g/mol. The van der Waals surface area contributed by atoms with Crippen LogP contribution in [0.25, 0.3) is 0 Å². The van der Waals surface area contributed by atoms with Crippen LogP contribution in [0.4, 0.5) is 0 Å². The molecule has 0 aliphatic carbocycles. The zero-order chi connectivity index (χ0) is 26.0. The Morgan fingerprint density at radius 1 is 0.833 bits per heavy atom. The van der Waals surface area contributed by atoms with Crippen molar-refractivity contribution in [3.8, 4) is 17.2 Å². The molecule has 0 fully saturated rings. The molecule has 2 aromatic carbocycles. The van der Waals surface area contributed by atoms with E-state index in [2.05, 4.69) is 0 Å². The molecule has 0 radical (unpaired) electrons. The number of rotatable bonds is 15. The van der Waals surface area contributed by atoms with Gasteiger partial charge in [-0.3, -0.25) is 4.79 Å². The smallest absolute Gasteiger partial charge is 1.00 e. The van der Waals surface area contributed by atoms with Gasteiger partial charge in [-0.25, -0.2) is 0 Å². The second kappa shape index (κ2) is 16.8. The fourth-order valence-electron chi connectivity index (χ4n) is 3.19. The van der Waals surface area contributed by atoms with Crippen molar-refractivity contribution in [2.24, 2.45) is 0 Å². The van der Waals surface area contributed by atoms with Gasteiger partial charge in [0.15, 0.2) is 24.4 Å². The van der Waals surface area contributed by atoms with Crippen LogP contribution in [0.2, 0.25) is 10.0 Å². The summed E-state index contributed by atoms with van der Waals surface area (Å²) in [5.41, 5.74) is -0.0214. The number of halogens is 2. The van der Waals surface area contributed by atoms with Gasteiger partial charge in [-0.15, -0.1) is 0 Å². The summed E-state index contributed by atoms with van der Waals surface area (Å²) < 4.78 is 34.7. The quantitative estimate of drug-likeness (QED) is 0.189. The van der Waals surface area contributed by atoms with Crippen molar-refractivity contribution in [1.82, 2.24) is 0 Å². The summed E-state index contributed by atoms with van der Waals surface area (Å²) >= 11 is 12.6. The maximum Gasteiger partial charge on any atom is 1.00 e. The molecule has 0 N–H and O–H groups in total. The summed E-state index contributed by atoms with van der Waals surface area (Å²) in [6.07, 6.45) is -1.68. The molecule has 0 aliphatic rings. The molecule has 0 spiro atoms. The Kier molecular flexibility index (Phi) is 15.4. The average Bonchev–Trinajstić information content (AvgIpc) is 2.76. The molecule has 0 bridgehead atoms. The van der Waals surface area contributed by atoms with Crippen molar-refractivity contribution < 1.29 is 53.5 Å². The Hall–Kier alpha value is -1.00. The molecule has 2 rings (SSSR count). The van der Waals surface area contributed by atoms with Crippen LogP contribution in [0.1, 0.15) is 53.3 Å². The second-order valence-electron chi connectivity index (χ2n) is 7.27. The van der Waals surface area contributed by atoms with Crippen molar-refractivity contribution in [3.63, 3.8) is 0 Å². The van der Waals surface area contributed by atoms with E-state index >= 15 is 0 Å². The first kappa shape index (κ1) is 33.0. The Morgan fingerprint density at radius 3 is 1.67 bits per heavy atom. The first-order chi connectivity index (χ1) is 16.7. The first-order valence-electron chi connectivity index (χ1n) is 11.5. The molecule has 11 heteroatoms. The number of hydrogen-bond donors (Lipinski definition) is 0. The topological polar surface area (TPSA) is 72.5 Å². The van der Waals surface area contributed by atoms with E-state index < -0.39 is 27.5 Å². The molecule has 2 aromatic rings. The zero-order valence-electron chi connectivity index (χ0n) is 22.9. The average molecular weight is 555 g/mol. The Labute approximate surface area is 238 Å². The van der Waals surface area contributed by atoms with Crippen molar-refractivity contribution in [2.75, 3.05) is 19.8 Å². The minimum Gasteiger partial charge on any atom is -1.00 e. The molecule has 0 heterocycles. The van der Waals surface area contributed by atoms with Gasteiger partial charge in [0.1, 0.15) is 17.2 Å². The molecule has 7 nitrogen and oxygen atoms in total. The molecule has 4 unspecified atom stereocenters. The Morgan fingerprint density at radius 2 is 1.25 bits per heavy atom. The standard InChI is InChI=1S/C25H33Cl2O7P.Li.H/c1-7-29-15(4)32-18-13-21(33-16(5)30-8-2)24(22(14-18)34-17(6)31-9-3)35-25(28)23-19(26)11-10-12-20(23)27;;/h10-17,35H,7-9H2,1-6H3;;/q;+1;-1. The van der Waals surface area contributed by atoms with Crippen LogP contribution >= 0.6 is 31.8 Å². The van der Waals surface area contributed by atoms with Crippen molar-refractivity contribution in [3.05, 3.63) is 45.9 Å².